The maximum absolute atomic E-state index is 12.0. The third-order valence-corrected chi connectivity index (χ3v) is 7.65. The molecule has 4 nitrogen and oxygen atoms in total. The van der Waals surface area contributed by atoms with Gasteiger partial charge in [-0.15, -0.1) is 0 Å². The monoisotopic (exact) mass is 488 g/mol. The Balaban J connectivity index is 1.44. The Morgan fingerprint density at radius 1 is 1.11 bits per heavy atom. The zero-order valence-electron chi connectivity index (χ0n) is 20.9. The number of hydrogen-bond acceptors (Lipinski definition) is 3. The molecular formula is C30H33ClN2O2. The fraction of sp³-hybridized carbons (Fsp3) is 0.367. The molecule has 0 saturated carbocycles. The molecule has 0 aliphatic carbocycles. The molecule has 0 radical (unpaired) electrons. The van der Waals surface area contributed by atoms with E-state index in [1.165, 1.54) is 0 Å². The predicted molar refractivity (Wildman–Crippen MR) is 143 cm³/mol. The first-order valence-electron chi connectivity index (χ1n) is 12.4. The Labute approximate surface area is 212 Å². The number of H-pyrrole nitrogens is 1. The van der Waals surface area contributed by atoms with Crippen molar-refractivity contribution in [2.24, 2.45) is 5.92 Å². The van der Waals surface area contributed by atoms with Gasteiger partial charge >= 0.3 is 0 Å². The van der Waals surface area contributed by atoms with Gasteiger partial charge in [0.25, 0.3) is 0 Å². The summed E-state index contributed by atoms with van der Waals surface area (Å²) in [7, 11) is 0. The van der Waals surface area contributed by atoms with Crippen molar-refractivity contribution in [3.05, 3.63) is 82.6 Å². The highest BCUT2D eigenvalue weighted by molar-refractivity contribution is 6.30. The van der Waals surface area contributed by atoms with E-state index in [4.69, 9.17) is 16.3 Å². The lowest BCUT2D eigenvalue weighted by Crippen LogP contribution is -2.43. The molecule has 0 fully saturated rings. The molecule has 1 unspecified atom stereocenters. The van der Waals surface area contributed by atoms with E-state index in [1.54, 1.807) is 0 Å². The van der Waals surface area contributed by atoms with Gasteiger partial charge in [0.05, 0.1) is 29.6 Å². The number of halogens is 1. The molecule has 1 atom stereocenters. The maximum atomic E-state index is 12.0. The third-order valence-electron chi connectivity index (χ3n) is 7.43. The molecule has 1 aliphatic heterocycles. The molecule has 5 rings (SSSR count). The number of rotatable bonds is 7. The van der Waals surface area contributed by atoms with Crippen LogP contribution in [0, 0.1) is 5.92 Å². The Morgan fingerprint density at radius 2 is 1.89 bits per heavy atom. The molecule has 182 valence electrons. The first kappa shape index (κ1) is 23.9. The fourth-order valence-corrected chi connectivity index (χ4v) is 5.63. The molecule has 0 spiro atoms. The predicted octanol–water partition coefficient (Wildman–Crippen LogP) is 7.12. The van der Waals surface area contributed by atoms with Crippen LogP contribution < -0.4 is 4.74 Å². The number of aromatic amines is 1. The van der Waals surface area contributed by atoms with Crippen LogP contribution in [0.5, 0.6) is 5.75 Å². The molecule has 4 aromatic rings. The number of pyridine rings is 1. The summed E-state index contributed by atoms with van der Waals surface area (Å²) in [4.78, 5) is 8.14. The first-order valence-corrected chi connectivity index (χ1v) is 12.7. The molecule has 1 aliphatic rings. The van der Waals surface area contributed by atoms with Gasteiger partial charge in [-0.05, 0) is 47.6 Å². The van der Waals surface area contributed by atoms with Gasteiger partial charge < -0.3 is 14.8 Å². The van der Waals surface area contributed by atoms with Crippen molar-refractivity contribution < 1.29 is 9.84 Å². The van der Waals surface area contributed by atoms with Crippen molar-refractivity contribution in [2.75, 3.05) is 6.61 Å². The Morgan fingerprint density at radius 3 is 2.63 bits per heavy atom. The van der Waals surface area contributed by atoms with E-state index in [-0.39, 0.29) is 11.3 Å². The number of nitrogens with one attached hydrogen (secondary N) is 1. The summed E-state index contributed by atoms with van der Waals surface area (Å²) in [6, 6.07) is 18.4. The average Bonchev–Trinajstić information content (AvgIpc) is 3.44. The van der Waals surface area contributed by atoms with E-state index in [9.17, 15) is 5.11 Å². The summed E-state index contributed by atoms with van der Waals surface area (Å²) < 4.78 is 6.00. The maximum Gasteiger partial charge on any atom is 0.126 e. The Kier molecular flexibility index (Phi) is 6.14. The highest BCUT2D eigenvalue weighted by atomic mass is 35.5. The summed E-state index contributed by atoms with van der Waals surface area (Å²) in [5.74, 6) is 0.995. The van der Waals surface area contributed by atoms with Gasteiger partial charge in [-0.3, -0.25) is 4.98 Å². The van der Waals surface area contributed by atoms with Crippen LogP contribution in [-0.2, 0) is 18.3 Å². The minimum atomic E-state index is -0.923. The number of aliphatic hydroxyl groups is 1. The number of nitrogens with zero attached hydrogens (tertiary/aromatic N) is 1. The van der Waals surface area contributed by atoms with Crippen molar-refractivity contribution in [2.45, 2.75) is 58.0 Å². The quantitative estimate of drug-likeness (QED) is 0.291. The minimum Gasteiger partial charge on any atom is -0.493 e. The van der Waals surface area contributed by atoms with E-state index in [0.29, 0.717) is 19.4 Å². The van der Waals surface area contributed by atoms with Crippen molar-refractivity contribution >= 4 is 22.5 Å². The molecule has 0 bridgehead atoms. The van der Waals surface area contributed by atoms with Crippen LogP contribution in [-0.4, -0.2) is 27.3 Å². The number of benzene rings is 2. The van der Waals surface area contributed by atoms with E-state index in [2.05, 4.69) is 61.9 Å². The summed E-state index contributed by atoms with van der Waals surface area (Å²) in [5.41, 5.74) is 5.00. The standard InChI is InChI=1S/C30H33ClN2O2/c1-19(2)30(34,18-29(3,4)25-15-23(31)12-21-10-11-35-28(21)25)16-24-13-22-14-26(32-17-27(22)33-24)20-8-6-5-7-9-20/h5-9,12-15,17,19,33-34H,10-11,16,18H2,1-4H3. The smallest absolute Gasteiger partial charge is 0.126 e. The molecule has 35 heavy (non-hydrogen) atoms. The summed E-state index contributed by atoms with van der Waals surface area (Å²) in [6.07, 6.45) is 3.86. The number of hydrogen-bond donors (Lipinski definition) is 2. The second-order valence-corrected chi connectivity index (χ2v) is 11.3. The summed E-state index contributed by atoms with van der Waals surface area (Å²) >= 11 is 6.47. The fourth-order valence-electron chi connectivity index (χ4n) is 5.39. The molecule has 2 aromatic heterocycles. The van der Waals surface area contributed by atoms with E-state index in [0.717, 1.165) is 56.2 Å². The van der Waals surface area contributed by atoms with Crippen molar-refractivity contribution in [1.29, 1.82) is 0 Å². The topological polar surface area (TPSA) is 58.1 Å². The summed E-state index contributed by atoms with van der Waals surface area (Å²) in [5, 5.41) is 13.8. The van der Waals surface area contributed by atoms with Crippen molar-refractivity contribution in [3.63, 3.8) is 0 Å². The zero-order valence-corrected chi connectivity index (χ0v) is 21.6. The van der Waals surface area contributed by atoms with Gasteiger partial charge in [-0.25, -0.2) is 0 Å². The lowest BCUT2D eigenvalue weighted by molar-refractivity contribution is -0.0293. The number of fused-ring (bicyclic) bond motifs is 2. The Hall–Kier alpha value is -2.82. The molecule has 0 amide bonds. The van der Waals surface area contributed by atoms with Crippen LogP contribution >= 0.6 is 11.6 Å². The number of ether oxygens (including phenoxy) is 1. The molecular weight excluding hydrogens is 456 g/mol. The van der Waals surface area contributed by atoms with Crippen LogP contribution in [0.4, 0.5) is 0 Å². The highest BCUT2D eigenvalue weighted by Crippen LogP contribution is 2.45. The zero-order chi connectivity index (χ0) is 24.8. The minimum absolute atomic E-state index is 0.0549. The summed E-state index contributed by atoms with van der Waals surface area (Å²) in [6.45, 7) is 9.21. The first-order chi connectivity index (χ1) is 16.6. The van der Waals surface area contributed by atoms with Crippen LogP contribution in [0.15, 0.2) is 60.8 Å². The molecule has 3 heterocycles. The molecule has 2 aromatic carbocycles. The van der Waals surface area contributed by atoms with Gasteiger partial charge in [0.2, 0.25) is 0 Å². The van der Waals surface area contributed by atoms with Crippen molar-refractivity contribution in [3.8, 4) is 17.0 Å². The second-order valence-electron chi connectivity index (χ2n) is 10.9. The van der Waals surface area contributed by atoms with Crippen LogP contribution in [0.2, 0.25) is 5.02 Å². The SMILES string of the molecule is CC(C)C(O)(Cc1cc2cc(-c3ccccc3)ncc2[nH]1)CC(C)(C)c1cc(Cl)cc2c1OCC2. The van der Waals surface area contributed by atoms with Gasteiger partial charge in [-0.2, -0.15) is 0 Å². The highest BCUT2D eigenvalue weighted by Gasteiger charge is 2.40. The lowest BCUT2D eigenvalue weighted by Gasteiger charge is -2.40. The third kappa shape index (κ3) is 4.70. The van der Waals surface area contributed by atoms with Gasteiger partial charge in [-0.1, -0.05) is 69.6 Å². The Bertz CT molecular complexity index is 1360. The lowest BCUT2D eigenvalue weighted by atomic mass is 9.69. The van der Waals surface area contributed by atoms with E-state index in [1.807, 2.05) is 36.5 Å². The molecule has 0 saturated heterocycles. The van der Waals surface area contributed by atoms with Gasteiger partial charge in [0.15, 0.2) is 0 Å². The average molecular weight is 489 g/mol. The van der Waals surface area contributed by atoms with Crippen LogP contribution in [0.3, 0.4) is 0 Å². The normalized spacial score (nSPS) is 15.3. The number of aromatic nitrogens is 2. The van der Waals surface area contributed by atoms with Gasteiger partial charge in [0.1, 0.15) is 5.75 Å². The second kappa shape index (κ2) is 9.00. The molecule has 2 N–H and O–H groups in total. The van der Waals surface area contributed by atoms with E-state index < -0.39 is 5.60 Å². The largest absolute Gasteiger partial charge is 0.493 e. The molecule has 5 heteroatoms. The van der Waals surface area contributed by atoms with Gasteiger partial charge in [0, 0.05) is 40.1 Å². The van der Waals surface area contributed by atoms with E-state index >= 15 is 0 Å². The van der Waals surface area contributed by atoms with Crippen LogP contribution in [0.25, 0.3) is 22.2 Å². The van der Waals surface area contributed by atoms with Crippen molar-refractivity contribution in [1.82, 2.24) is 9.97 Å². The van der Waals surface area contributed by atoms with Crippen LogP contribution in [0.1, 0.15) is 50.9 Å².